The van der Waals surface area contributed by atoms with Gasteiger partial charge in [-0.05, 0) is 17.7 Å². The maximum Gasteiger partial charge on any atom is 0.410 e. The Morgan fingerprint density at radius 3 is 2.95 bits per heavy atom. The lowest BCUT2D eigenvalue weighted by atomic mass is 10.1. The van der Waals surface area contributed by atoms with Crippen LogP contribution >= 0.6 is 0 Å². The lowest BCUT2D eigenvalue weighted by molar-refractivity contribution is 0.0265. The number of cyclic esters (lactones) is 1. The van der Waals surface area contributed by atoms with Gasteiger partial charge in [-0.2, -0.15) is 0 Å². The zero-order valence-electron chi connectivity index (χ0n) is 10.5. The van der Waals surface area contributed by atoms with Crippen LogP contribution in [0.25, 0.3) is 0 Å². The van der Waals surface area contributed by atoms with Crippen molar-refractivity contribution in [2.24, 2.45) is 5.73 Å². The van der Waals surface area contributed by atoms with E-state index in [1.807, 2.05) is 18.2 Å². The molecule has 1 amide bonds. The minimum atomic E-state index is -0.306. The number of amides is 1. The first-order valence-corrected chi connectivity index (χ1v) is 6.30. The fourth-order valence-corrected chi connectivity index (χ4v) is 2.24. The van der Waals surface area contributed by atoms with Crippen molar-refractivity contribution < 1.29 is 19.0 Å². The van der Waals surface area contributed by atoms with Gasteiger partial charge < -0.3 is 24.8 Å². The molecule has 6 heteroatoms. The molecule has 19 heavy (non-hydrogen) atoms. The van der Waals surface area contributed by atoms with E-state index in [0.29, 0.717) is 19.6 Å². The summed E-state index contributed by atoms with van der Waals surface area (Å²) in [6, 6.07) is 5.68. The summed E-state index contributed by atoms with van der Waals surface area (Å²) in [4.78, 5) is 13.5. The topological polar surface area (TPSA) is 74.0 Å². The van der Waals surface area contributed by atoms with Crippen LogP contribution in [0.5, 0.6) is 11.5 Å². The van der Waals surface area contributed by atoms with Crippen molar-refractivity contribution in [2.45, 2.75) is 19.1 Å². The van der Waals surface area contributed by atoms with E-state index in [0.717, 1.165) is 23.5 Å². The lowest BCUT2D eigenvalue weighted by Crippen LogP contribution is -2.43. The predicted molar refractivity (Wildman–Crippen MR) is 66.9 cm³/mol. The molecule has 2 heterocycles. The maximum atomic E-state index is 11.8. The van der Waals surface area contributed by atoms with Crippen LogP contribution in [0.15, 0.2) is 18.2 Å². The van der Waals surface area contributed by atoms with Gasteiger partial charge in [0.2, 0.25) is 6.79 Å². The number of nitrogens with zero attached hydrogens (tertiary/aromatic N) is 1. The Bertz CT molecular complexity index is 492. The Balaban J connectivity index is 1.67. The van der Waals surface area contributed by atoms with Gasteiger partial charge >= 0.3 is 6.09 Å². The lowest BCUT2D eigenvalue weighted by Gasteiger charge is -2.31. The zero-order valence-corrected chi connectivity index (χ0v) is 10.5. The summed E-state index contributed by atoms with van der Waals surface area (Å²) in [5, 5.41) is 0. The Kier molecular flexibility index (Phi) is 3.16. The van der Waals surface area contributed by atoms with E-state index >= 15 is 0 Å². The summed E-state index contributed by atoms with van der Waals surface area (Å²) in [5.41, 5.74) is 6.49. The summed E-state index contributed by atoms with van der Waals surface area (Å²) in [6.07, 6.45) is 0.312. The summed E-state index contributed by atoms with van der Waals surface area (Å²) in [6.45, 7) is 1.80. The van der Waals surface area contributed by atoms with Crippen LogP contribution in [0, 0.1) is 0 Å². The number of ether oxygens (including phenoxy) is 3. The molecule has 2 aliphatic heterocycles. The van der Waals surface area contributed by atoms with E-state index in [-0.39, 0.29) is 19.0 Å². The molecule has 0 spiro atoms. The largest absolute Gasteiger partial charge is 0.454 e. The molecule has 0 radical (unpaired) electrons. The van der Waals surface area contributed by atoms with Crippen LogP contribution in [0.2, 0.25) is 0 Å². The molecular weight excluding hydrogens is 248 g/mol. The first kappa shape index (κ1) is 12.1. The Morgan fingerprint density at radius 1 is 1.32 bits per heavy atom. The second kappa shape index (κ2) is 4.97. The van der Waals surface area contributed by atoms with Gasteiger partial charge in [-0.15, -0.1) is 0 Å². The average molecular weight is 264 g/mol. The molecular formula is C13H16N2O4. The van der Waals surface area contributed by atoms with Crippen molar-refractivity contribution in [3.8, 4) is 11.5 Å². The molecule has 1 aromatic carbocycles. The molecule has 0 aromatic heterocycles. The highest BCUT2D eigenvalue weighted by Crippen LogP contribution is 2.33. The van der Waals surface area contributed by atoms with Gasteiger partial charge in [0.25, 0.3) is 0 Å². The van der Waals surface area contributed by atoms with Crippen molar-refractivity contribution in [3.05, 3.63) is 23.8 Å². The SMILES string of the molecule is NCC1CCN(Cc2ccc3c(c2)OCO3)C(=O)O1. The molecule has 1 aromatic rings. The summed E-state index contributed by atoms with van der Waals surface area (Å²) >= 11 is 0. The number of carbonyl (C=O) groups is 1. The zero-order chi connectivity index (χ0) is 13.2. The fourth-order valence-electron chi connectivity index (χ4n) is 2.24. The molecule has 0 aliphatic carbocycles. The highest BCUT2D eigenvalue weighted by molar-refractivity contribution is 5.68. The summed E-state index contributed by atoms with van der Waals surface area (Å²) < 4.78 is 15.8. The molecule has 1 saturated heterocycles. The average Bonchev–Trinajstić information content (AvgIpc) is 2.88. The second-order valence-corrected chi connectivity index (χ2v) is 4.64. The smallest absolute Gasteiger partial charge is 0.410 e. The van der Waals surface area contributed by atoms with E-state index in [1.165, 1.54) is 0 Å². The number of rotatable bonds is 3. The van der Waals surface area contributed by atoms with Gasteiger partial charge in [-0.3, -0.25) is 0 Å². The predicted octanol–water partition coefficient (Wildman–Crippen LogP) is 1.08. The number of nitrogens with two attached hydrogens (primary N) is 1. The minimum absolute atomic E-state index is 0.152. The van der Waals surface area contributed by atoms with Crippen LogP contribution in [0.3, 0.4) is 0 Å². The van der Waals surface area contributed by atoms with E-state index < -0.39 is 0 Å². The minimum Gasteiger partial charge on any atom is -0.454 e. The van der Waals surface area contributed by atoms with Crippen molar-refractivity contribution >= 4 is 6.09 Å². The Hall–Kier alpha value is -1.95. The standard InChI is InChI=1S/C13H16N2O4/c14-6-10-3-4-15(13(16)19-10)7-9-1-2-11-12(5-9)18-8-17-11/h1-2,5,10H,3-4,6-8,14H2. The van der Waals surface area contributed by atoms with Crippen molar-refractivity contribution in [1.29, 1.82) is 0 Å². The first-order chi connectivity index (χ1) is 9.26. The number of hydrogen-bond donors (Lipinski definition) is 1. The van der Waals surface area contributed by atoms with Crippen molar-refractivity contribution in [2.75, 3.05) is 19.9 Å². The van der Waals surface area contributed by atoms with Crippen LogP contribution in [0.1, 0.15) is 12.0 Å². The van der Waals surface area contributed by atoms with Gasteiger partial charge in [0.05, 0.1) is 0 Å². The molecule has 102 valence electrons. The van der Waals surface area contributed by atoms with Gasteiger partial charge in [-0.1, -0.05) is 6.07 Å². The third-order valence-electron chi connectivity index (χ3n) is 3.32. The normalized spacial score (nSPS) is 21.4. The number of carbonyl (C=O) groups excluding carboxylic acids is 1. The first-order valence-electron chi connectivity index (χ1n) is 6.30. The Labute approximate surface area is 111 Å². The molecule has 2 N–H and O–H groups in total. The van der Waals surface area contributed by atoms with Crippen molar-refractivity contribution in [3.63, 3.8) is 0 Å². The summed E-state index contributed by atoms with van der Waals surface area (Å²) in [5.74, 6) is 1.47. The van der Waals surface area contributed by atoms with Crippen LogP contribution in [-0.4, -0.2) is 37.0 Å². The maximum absolute atomic E-state index is 11.8. The highest BCUT2D eigenvalue weighted by Gasteiger charge is 2.26. The van der Waals surface area contributed by atoms with E-state index in [2.05, 4.69) is 0 Å². The van der Waals surface area contributed by atoms with Crippen molar-refractivity contribution in [1.82, 2.24) is 4.90 Å². The molecule has 1 unspecified atom stereocenters. The Morgan fingerprint density at radius 2 is 2.16 bits per heavy atom. The van der Waals surface area contributed by atoms with Gasteiger partial charge in [0.1, 0.15) is 6.10 Å². The number of hydrogen-bond acceptors (Lipinski definition) is 5. The number of benzene rings is 1. The van der Waals surface area contributed by atoms with E-state index in [4.69, 9.17) is 19.9 Å². The van der Waals surface area contributed by atoms with E-state index in [1.54, 1.807) is 4.90 Å². The second-order valence-electron chi connectivity index (χ2n) is 4.64. The van der Waals surface area contributed by atoms with Crippen LogP contribution in [-0.2, 0) is 11.3 Å². The van der Waals surface area contributed by atoms with Gasteiger partial charge in [0, 0.05) is 26.1 Å². The monoisotopic (exact) mass is 264 g/mol. The molecule has 1 fully saturated rings. The molecule has 6 nitrogen and oxygen atoms in total. The highest BCUT2D eigenvalue weighted by atomic mass is 16.7. The summed E-state index contributed by atoms with van der Waals surface area (Å²) in [7, 11) is 0. The van der Waals surface area contributed by atoms with E-state index in [9.17, 15) is 4.79 Å². The van der Waals surface area contributed by atoms with Crippen LogP contribution < -0.4 is 15.2 Å². The molecule has 0 bridgehead atoms. The molecule has 0 saturated carbocycles. The number of fused-ring (bicyclic) bond motifs is 1. The molecule has 3 rings (SSSR count). The van der Waals surface area contributed by atoms with Gasteiger partial charge in [0.15, 0.2) is 11.5 Å². The third-order valence-corrected chi connectivity index (χ3v) is 3.32. The van der Waals surface area contributed by atoms with Crippen LogP contribution in [0.4, 0.5) is 4.79 Å². The third kappa shape index (κ3) is 2.44. The molecule has 1 atom stereocenters. The van der Waals surface area contributed by atoms with Gasteiger partial charge in [-0.25, -0.2) is 4.79 Å². The molecule has 2 aliphatic rings. The fraction of sp³-hybridized carbons (Fsp3) is 0.462. The quantitative estimate of drug-likeness (QED) is 0.884.